The van der Waals surface area contributed by atoms with Crippen molar-refractivity contribution in [2.24, 2.45) is 5.92 Å². The number of rotatable bonds is 5. The molecule has 1 saturated heterocycles. The van der Waals surface area contributed by atoms with E-state index in [2.05, 4.69) is 10.1 Å². The van der Waals surface area contributed by atoms with Crippen LogP contribution in [0.3, 0.4) is 0 Å². The maximum absolute atomic E-state index is 12.4. The zero-order chi connectivity index (χ0) is 21.7. The summed E-state index contributed by atoms with van der Waals surface area (Å²) in [6.07, 6.45) is -9.67. The molecule has 2 rings (SSSR count). The molecule has 1 aliphatic rings. The van der Waals surface area contributed by atoms with Crippen LogP contribution in [0.15, 0.2) is 29.2 Å². The first-order valence-corrected chi connectivity index (χ1v) is 9.51. The molecule has 1 aromatic carbocycles. The minimum Gasteiger partial charge on any atom is -0.440 e. The van der Waals surface area contributed by atoms with E-state index in [1.54, 1.807) is 12.1 Å². The van der Waals surface area contributed by atoms with Crippen LogP contribution in [0.1, 0.15) is 12.8 Å². The molecule has 0 unspecified atom stereocenters. The summed E-state index contributed by atoms with van der Waals surface area (Å²) in [6.45, 7) is -1.60. The zero-order valence-electron chi connectivity index (χ0n) is 15.0. The highest BCUT2D eigenvalue weighted by atomic mass is 32.2. The normalized spacial score (nSPS) is 15.9. The molecule has 29 heavy (non-hydrogen) atoms. The highest BCUT2D eigenvalue weighted by molar-refractivity contribution is 7.99. The molecular weight excluding hydrogens is 426 g/mol. The van der Waals surface area contributed by atoms with Crippen LogP contribution in [-0.4, -0.2) is 54.7 Å². The molecule has 0 aliphatic carbocycles. The lowest BCUT2D eigenvalue weighted by Gasteiger charge is -2.30. The topological polar surface area (TPSA) is 58.6 Å². The summed E-state index contributed by atoms with van der Waals surface area (Å²) in [7, 11) is 0. The predicted molar refractivity (Wildman–Crippen MR) is 93.6 cm³/mol. The third kappa shape index (κ3) is 8.03. The number of ether oxygens (including phenoxy) is 1. The maximum atomic E-state index is 12.4. The van der Waals surface area contributed by atoms with E-state index >= 15 is 0 Å². The molecule has 0 bridgehead atoms. The zero-order valence-corrected chi connectivity index (χ0v) is 15.8. The summed E-state index contributed by atoms with van der Waals surface area (Å²) in [5.74, 6) is -2.05. The van der Waals surface area contributed by atoms with Crippen molar-refractivity contribution in [2.45, 2.75) is 30.1 Å². The number of para-hydroxylation sites is 1. The largest absolute Gasteiger partial charge is 0.440 e. The molecule has 0 spiro atoms. The first-order chi connectivity index (χ1) is 13.4. The van der Waals surface area contributed by atoms with E-state index in [0.717, 1.165) is 4.90 Å². The van der Waals surface area contributed by atoms with Gasteiger partial charge in [0.2, 0.25) is 5.91 Å². The predicted octanol–water partition coefficient (Wildman–Crippen LogP) is 4.69. The maximum Gasteiger partial charge on any atom is 0.422 e. The Kier molecular flexibility index (Phi) is 7.66. The fraction of sp³-hybridized carbons (Fsp3) is 0.529. The highest BCUT2D eigenvalue weighted by Crippen LogP contribution is 2.32. The number of amides is 2. The number of likely N-dealkylation sites (tertiary alicyclic amines) is 1. The van der Waals surface area contributed by atoms with Crippen molar-refractivity contribution < 1.29 is 40.7 Å². The summed E-state index contributed by atoms with van der Waals surface area (Å²) in [5, 5.41) is 2.60. The van der Waals surface area contributed by atoms with Crippen LogP contribution in [0.5, 0.6) is 0 Å². The van der Waals surface area contributed by atoms with Gasteiger partial charge in [0, 0.05) is 23.9 Å². The summed E-state index contributed by atoms with van der Waals surface area (Å²) < 4.78 is 77.8. The molecule has 0 aromatic heterocycles. The van der Waals surface area contributed by atoms with E-state index in [-0.39, 0.29) is 36.5 Å². The van der Waals surface area contributed by atoms with Crippen molar-refractivity contribution in [3.8, 4) is 0 Å². The second kappa shape index (κ2) is 9.59. The molecule has 0 radical (unpaired) electrons. The van der Waals surface area contributed by atoms with Crippen molar-refractivity contribution in [3.63, 3.8) is 0 Å². The molecule has 1 heterocycles. The van der Waals surface area contributed by atoms with Crippen LogP contribution in [0.4, 0.5) is 36.8 Å². The van der Waals surface area contributed by atoms with Gasteiger partial charge in [0.05, 0.1) is 11.4 Å². The molecular formula is C17H18F6N2O3S. The number of thioether (sulfide) groups is 1. The summed E-state index contributed by atoms with van der Waals surface area (Å²) >= 11 is 0.553. The van der Waals surface area contributed by atoms with Crippen molar-refractivity contribution >= 4 is 29.4 Å². The number of hydrogen-bond donors (Lipinski definition) is 1. The molecule has 0 saturated carbocycles. The average molecular weight is 444 g/mol. The molecule has 12 heteroatoms. The Bertz CT molecular complexity index is 718. The SMILES string of the molecule is O=C(Nc1ccccc1SCC(F)(F)F)C1CCN(C(=O)OCC(F)(F)F)CC1. The van der Waals surface area contributed by atoms with Gasteiger partial charge < -0.3 is 15.0 Å². The number of hydrogen-bond acceptors (Lipinski definition) is 4. The van der Waals surface area contributed by atoms with E-state index < -0.39 is 42.6 Å². The number of alkyl halides is 6. The Morgan fingerprint density at radius 3 is 2.28 bits per heavy atom. The van der Waals surface area contributed by atoms with Crippen molar-refractivity contribution in [2.75, 3.05) is 30.8 Å². The van der Waals surface area contributed by atoms with Gasteiger partial charge in [-0.1, -0.05) is 12.1 Å². The molecule has 5 nitrogen and oxygen atoms in total. The number of carbonyl (C=O) groups excluding carboxylic acids is 2. The lowest BCUT2D eigenvalue weighted by atomic mass is 9.96. The molecule has 1 aliphatic heterocycles. The number of piperidine rings is 1. The van der Waals surface area contributed by atoms with Gasteiger partial charge in [-0.05, 0) is 25.0 Å². The van der Waals surface area contributed by atoms with E-state index in [9.17, 15) is 35.9 Å². The quantitative estimate of drug-likeness (QED) is 0.529. The fourth-order valence-electron chi connectivity index (χ4n) is 2.65. The van der Waals surface area contributed by atoms with Crippen LogP contribution in [0.25, 0.3) is 0 Å². The van der Waals surface area contributed by atoms with Crippen molar-refractivity contribution in [1.29, 1.82) is 0 Å². The molecule has 2 amide bonds. The van der Waals surface area contributed by atoms with E-state index in [0.29, 0.717) is 11.8 Å². The van der Waals surface area contributed by atoms with Crippen LogP contribution in [-0.2, 0) is 9.53 Å². The molecule has 1 fully saturated rings. The Morgan fingerprint density at radius 2 is 1.69 bits per heavy atom. The average Bonchev–Trinajstić information content (AvgIpc) is 2.64. The van der Waals surface area contributed by atoms with E-state index in [4.69, 9.17) is 0 Å². The number of nitrogens with one attached hydrogen (secondary N) is 1. The number of nitrogens with zero attached hydrogens (tertiary/aromatic N) is 1. The van der Waals surface area contributed by atoms with Gasteiger partial charge >= 0.3 is 18.4 Å². The lowest BCUT2D eigenvalue weighted by Crippen LogP contribution is -2.42. The first-order valence-electron chi connectivity index (χ1n) is 8.52. The summed E-state index contributed by atoms with van der Waals surface area (Å²) in [4.78, 5) is 25.4. The van der Waals surface area contributed by atoms with Gasteiger partial charge in [-0.3, -0.25) is 4.79 Å². The Morgan fingerprint density at radius 1 is 1.07 bits per heavy atom. The second-order valence-corrected chi connectivity index (χ2v) is 7.34. The fourth-order valence-corrected chi connectivity index (χ4v) is 3.42. The van der Waals surface area contributed by atoms with Crippen molar-refractivity contribution in [1.82, 2.24) is 4.90 Å². The number of anilines is 1. The minimum absolute atomic E-state index is 0.0409. The van der Waals surface area contributed by atoms with E-state index in [1.165, 1.54) is 12.1 Å². The number of halogens is 6. The Balaban J connectivity index is 1.87. The minimum atomic E-state index is -4.62. The van der Waals surface area contributed by atoms with Crippen LogP contribution in [0, 0.1) is 5.92 Å². The van der Waals surface area contributed by atoms with Gasteiger partial charge in [-0.15, -0.1) is 11.8 Å². The van der Waals surface area contributed by atoms with Crippen molar-refractivity contribution in [3.05, 3.63) is 24.3 Å². The lowest BCUT2D eigenvalue weighted by molar-refractivity contribution is -0.162. The molecule has 0 atom stereocenters. The first kappa shape index (κ1) is 23.2. The number of carbonyl (C=O) groups is 2. The molecule has 1 N–H and O–H groups in total. The highest BCUT2D eigenvalue weighted by Gasteiger charge is 2.33. The van der Waals surface area contributed by atoms with Crippen LogP contribution < -0.4 is 5.32 Å². The third-order valence-electron chi connectivity index (χ3n) is 4.02. The molecule has 1 aromatic rings. The van der Waals surface area contributed by atoms with Crippen LogP contribution in [0.2, 0.25) is 0 Å². The van der Waals surface area contributed by atoms with Gasteiger partial charge in [0.1, 0.15) is 0 Å². The second-order valence-electron chi connectivity index (χ2n) is 6.32. The van der Waals surface area contributed by atoms with Gasteiger partial charge in [0.25, 0.3) is 0 Å². The standard InChI is InChI=1S/C17H18F6N2O3S/c18-16(19,20)9-28-15(27)25-7-5-11(6-8-25)14(26)24-12-3-1-2-4-13(12)29-10-17(21,22)23/h1-4,11H,5-10H2,(H,24,26). The third-order valence-corrected chi connectivity index (χ3v) is 5.16. The Labute approximate surface area is 166 Å². The number of benzene rings is 1. The van der Waals surface area contributed by atoms with E-state index in [1.807, 2.05) is 0 Å². The molecule has 162 valence electrons. The monoisotopic (exact) mass is 444 g/mol. The summed E-state index contributed by atoms with van der Waals surface area (Å²) in [6, 6.07) is 6.08. The smallest absolute Gasteiger partial charge is 0.422 e. The van der Waals surface area contributed by atoms with Gasteiger partial charge in [-0.25, -0.2) is 4.79 Å². The Hall–Kier alpha value is -2.11. The summed E-state index contributed by atoms with van der Waals surface area (Å²) in [5.41, 5.74) is 0.249. The van der Waals surface area contributed by atoms with Gasteiger partial charge in [0.15, 0.2) is 6.61 Å². The van der Waals surface area contributed by atoms with Gasteiger partial charge in [-0.2, -0.15) is 26.3 Å². The van der Waals surface area contributed by atoms with Crippen LogP contribution >= 0.6 is 11.8 Å².